The minimum absolute atomic E-state index is 0. The van der Waals surface area contributed by atoms with E-state index in [1.54, 1.807) is 4.90 Å². The predicted molar refractivity (Wildman–Crippen MR) is 105 cm³/mol. The Morgan fingerprint density at radius 1 is 1.14 bits per heavy atom. The summed E-state index contributed by atoms with van der Waals surface area (Å²) in [6, 6.07) is 2.45. The van der Waals surface area contributed by atoms with Crippen LogP contribution in [0.15, 0.2) is 18.2 Å². The van der Waals surface area contributed by atoms with E-state index >= 15 is 0 Å². The second-order valence-corrected chi connectivity index (χ2v) is 8.04. The van der Waals surface area contributed by atoms with Gasteiger partial charge in [0.2, 0.25) is 5.91 Å². The summed E-state index contributed by atoms with van der Waals surface area (Å²) in [4.78, 5) is 27.2. The van der Waals surface area contributed by atoms with Crippen LogP contribution in [0.3, 0.4) is 0 Å². The zero-order chi connectivity index (χ0) is 19.6. The molecule has 0 radical (unpaired) electrons. The number of amides is 2. The molecule has 3 rings (SSSR count). The average Bonchev–Trinajstić information content (AvgIpc) is 3.07. The smallest absolute Gasteiger partial charge is 0.257 e. The summed E-state index contributed by atoms with van der Waals surface area (Å²) in [5, 5.41) is 5.94. The van der Waals surface area contributed by atoms with E-state index in [9.17, 15) is 18.4 Å². The van der Waals surface area contributed by atoms with Crippen LogP contribution in [0.5, 0.6) is 0 Å². The first-order chi connectivity index (χ1) is 12.8. The zero-order valence-corrected chi connectivity index (χ0v) is 17.1. The lowest BCUT2D eigenvalue weighted by Crippen LogP contribution is -2.54. The Balaban J connectivity index is 0.00000280. The van der Waals surface area contributed by atoms with Crippen molar-refractivity contribution in [2.75, 3.05) is 26.2 Å². The summed E-state index contributed by atoms with van der Waals surface area (Å²) in [5.41, 5.74) is -0.366. The Morgan fingerprint density at radius 3 is 2.25 bits per heavy atom. The van der Waals surface area contributed by atoms with Crippen LogP contribution in [0, 0.1) is 23.0 Å². The minimum atomic E-state index is -0.934. The Kier molecular flexibility index (Phi) is 7.39. The molecule has 1 atom stereocenters. The molecular weight excluding hydrogens is 388 g/mol. The Labute approximate surface area is 170 Å². The van der Waals surface area contributed by atoms with Crippen molar-refractivity contribution in [1.29, 1.82) is 0 Å². The summed E-state index contributed by atoms with van der Waals surface area (Å²) in [5.74, 6) is -3.14. The fourth-order valence-electron chi connectivity index (χ4n) is 4.06. The van der Waals surface area contributed by atoms with Crippen LogP contribution in [0.4, 0.5) is 8.78 Å². The second-order valence-electron chi connectivity index (χ2n) is 8.04. The van der Waals surface area contributed by atoms with Crippen LogP contribution >= 0.6 is 12.4 Å². The fourth-order valence-corrected chi connectivity index (χ4v) is 4.06. The van der Waals surface area contributed by atoms with Crippen molar-refractivity contribution in [2.24, 2.45) is 11.3 Å². The first kappa shape index (κ1) is 22.6. The highest BCUT2D eigenvalue weighted by Crippen LogP contribution is 2.37. The van der Waals surface area contributed by atoms with Crippen molar-refractivity contribution in [2.45, 2.75) is 39.2 Å². The highest BCUT2D eigenvalue weighted by atomic mass is 35.5. The first-order valence-electron chi connectivity index (χ1n) is 9.57. The van der Waals surface area contributed by atoms with Gasteiger partial charge in [0.25, 0.3) is 5.91 Å². The molecule has 2 amide bonds. The number of rotatable bonds is 4. The number of carbonyl (C=O) groups excluding carboxylic acids is 2. The molecule has 1 aromatic rings. The van der Waals surface area contributed by atoms with Crippen molar-refractivity contribution in [3.05, 3.63) is 35.4 Å². The molecule has 1 spiro atoms. The van der Waals surface area contributed by atoms with Gasteiger partial charge in [-0.25, -0.2) is 8.78 Å². The topological polar surface area (TPSA) is 61.4 Å². The summed E-state index contributed by atoms with van der Waals surface area (Å²) in [7, 11) is 0. The van der Waals surface area contributed by atoms with Crippen LogP contribution in [0.25, 0.3) is 0 Å². The van der Waals surface area contributed by atoms with Gasteiger partial charge in [-0.1, -0.05) is 19.9 Å². The van der Waals surface area contributed by atoms with Crippen LogP contribution in [0.2, 0.25) is 0 Å². The van der Waals surface area contributed by atoms with Crippen molar-refractivity contribution in [3.8, 4) is 0 Å². The lowest BCUT2D eigenvalue weighted by molar-refractivity contribution is -0.136. The van der Waals surface area contributed by atoms with E-state index in [-0.39, 0.29) is 29.6 Å². The molecule has 0 aliphatic carbocycles. The van der Waals surface area contributed by atoms with Crippen LogP contribution in [0.1, 0.15) is 43.5 Å². The third-order valence-corrected chi connectivity index (χ3v) is 5.88. The number of benzene rings is 1. The number of hydrogen-bond donors (Lipinski definition) is 2. The summed E-state index contributed by atoms with van der Waals surface area (Å²) in [6.45, 7) is 6.93. The zero-order valence-electron chi connectivity index (χ0n) is 16.3. The maximum Gasteiger partial charge on any atom is 0.257 e. The van der Waals surface area contributed by atoms with Gasteiger partial charge in [0.05, 0.1) is 0 Å². The lowest BCUT2D eigenvalue weighted by Gasteiger charge is -2.40. The summed E-state index contributed by atoms with van der Waals surface area (Å²) < 4.78 is 27.8. The van der Waals surface area contributed by atoms with Gasteiger partial charge in [-0.3, -0.25) is 9.59 Å². The third kappa shape index (κ3) is 4.63. The van der Waals surface area contributed by atoms with Crippen molar-refractivity contribution < 1.29 is 18.4 Å². The molecule has 2 aliphatic heterocycles. The van der Waals surface area contributed by atoms with E-state index in [2.05, 4.69) is 10.6 Å². The SMILES string of the molecule is CC(C)C(NC(=O)c1c(F)cccc1F)C(=O)N1CCC2(CCNC2)CC1.Cl. The number of hydrogen-bond acceptors (Lipinski definition) is 3. The number of likely N-dealkylation sites (tertiary alicyclic amines) is 1. The molecule has 1 aromatic carbocycles. The highest BCUT2D eigenvalue weighted by Gasteiger charge is 2.40. The lowest BCUT2D eigenvalue weighted by atomic mass is 9.77. The molecule has 8 heteroatoms. The summed E-state index contributed by atoms with van der Waals surface area (Å²) in [6.07, 6.45) is 3.00. The Hall–Kier alpha value is -1.73. The van der Waals surface area contributed by atoms with Crippen LogP contribution < -0.4 is 10.6 Å². The fraction of sp³-hybridized carbons (Fsp3) is 0.600. The van der Waals surface area contributed by atoms with E-state index in [0.717, 1.165) is 44.5 Å². The quantitative estimate of drug-likeness (QED) is 0.794. The van der Waals surface area contributed by atoms with E-state index in [0.29, 0.717) is 13.1 Å². The van der Waals surface area contributed by atoms with Gasteiger partial charge < -0.3 is 15.5 Å². The van der Waals surface area contributed by atoms with E-state index in [1.165, 1.54) is 6.07 Å². The van der Waals surface area contributed by atoms with Gasteiger partial charge in [0.1, 0.15) is 23.2 Å². The van der Waals surface area contributed by atoms with Crippen molar-refractivity contribution >= 4 is 24.2 Å². The second kappa shape index (κ2) is 9.18. The van der Waals surface area contributed by atoms with Gasteiger partial charge in [0, 0.05) is 19.6 Å². The standard InChI is InChI=1S/C20H27F2N3O2.ClH/c1-13(2)17(24-18(26)16-14(21)4-3-5-15(16)22)19(27)25-10-7-20(8-11-25)6-9-23-12-20;/h3-5,13,17,23H,6-12H2,1-2H3,(H,24,26);1H. The molecule has 28 heavy (non-hydrogen) atoms. The predicted octanol–water partition coefficient (Wildman–Crippen LogP) is 2.74. The monoisotopic (exact) mass is 415 g/mol. The van der Waals surface area contributed by atoms with E-state index < -0.39 is 29.1 Å². The number of nitrogens with one attached hydrogen (secondary N) is 2. The minimum Gasteiger partial charge on any atom is -0.341 e. The molecule has 156 valence electrons. The van der Waals surface area contributed by atoms with Crippen LogP contribution in [-0.2, 0) is 4.79 Å². The molecule has 2 saturated heterocycles. The van der Waals surface area contributed by atoms with Gasteiger partial charge in [-0.05, 0) is 49.3 Å². The van der Waals surface area contributed by atoms with Gasteiger partial charge in [-0.2, -0.15) is 0 Å². The molecule has 0 bridgehead atoms. The molecule has 5 nitrogen and oxygen atoms in total. The van der Waals surface area contributed by atoms with E-state index in [1.807, 2.05) is 13.8 Å². The molecule has 1 unspecified atom stereocenters. The number of piperidine rings is 1. The molecule has 2 N–H and O–H groups in total. The number of halogens is 3. The van der Waals surface area contributed by atoms with Crippen LogP contribution in [-0.4, -0.2) is 48.9 Å². The van der Waals surface area contributed by atoms with E-state index in [4.69, 9.17) is 0 Å². The van der Waals surface area contributed by atoms with Crippen molar-refractivity contribution in [1.82, 2.24) is 15.5 Å². The van der Waals surface area contributed by atoms with Gasteiger partial charge >= 0.3 is 0 Å². The largest absolute Gasteiger partial charge is 0.341 e. The molecule has 0 saturated carbocycles. The Bertz CT molecular complexity index is 693. The Morgan fingerprint density at radius 2 is 1.75 bits per heavy atom. The van der Waals surface area contributed by atoms with Gasteiger partial charge in [0.15, 0.2) is 0 Å². The summed E-state index contributed by atoms with van der Waals surface area (Å²) >= 11 is 0. The van der Waals surface area contributed by atoms with Gasteiger partial charge in [-0.15, -0.1) is 12.4 Å². The maximum absolute atomic E-state index is 13.9. The molecule has 2 aliphatic rings. The first-order valence-corrected chi connectivity index (χ1v) is 9.57. The van der Waals surface area contributed by atoms with Crippen molar-refractivity contribution in [3.63, 3.8) is 0 Å². The molecule has 2 heterocycles. The normalized spacial score (nSPS) is 19.4. The highest BCUT2D eigenvalue weighted by molar-refractivity contribution is 5.98. The number of carbonyl (C=O) groups is 2. The third-order valence-electron chi connectivity index (χ3n) is 5.88. The maximum atomic E-state index is 13.9. The molecular formula is C20H28ClF2N3O2. The molecule has 0 aromatic heterocycles. The average molecular weight is 416 g/mol. The molecule has 2 fully saturated rings. The number of nitrogens with zero attached hydrogens (tertiary/aromatic N) is 1.